The van der Waals surface area contributed by atoms with Gasteiger partial charge in [0.1, 0.15) is 0 Å². The van der Waals surface area contributed by atoms with E-state index in [0.29, 0.717) is 12.8 Å². The maximum atomic E-state index is 13.0. The van der Waals surface area contributed by atoms with Gasteiger partial charge < -0.3 is 9.47 Å². The summed E-state index contributed by atoms with van der Waals surface area (Å²) >= 11 is 0. The van der Waals surface area contributed by atoms with Gasteiger partial charge in [-0.05, 0) is 24.5 Å². The highest BCUT2D eigenvalue weighted by Crippen LogP contribution is 2.32. The Bertz CT molecular complexity index is 603. The molecule has 29 heavy (non-hydrogen) atoms. The molecule has 0 saturated heterocycles. The molecular weight excluding hydrogens is 385 g/mol. The van der Waals surface area contributed by atoms with E-state index in [1.165, 1.54) is 12.1 Å². The highest BCUT2D eigenvalue weighted by Gasteiger charge is 2.35. The lowest BCUT2D eigenvalue weighted by Crippen LogP contribution is -2.27. The van der Waals surface area contributed by atoms with Crippen LogP contribution in [-0.2, 0) is 25.2 Å². The van der Waals surface area contributed by atoms with Crippen LogP contribution in [0.25, 0.3) is 0 Å². The molecule has 0 aliphatic carbocycles. The van der Waals surface area contributed by atoms with Crippen LogP contribution in [0, 0.1) is 0 Å². The molecule has 1 rings (SSSR count). The summed E-state index contributed by atoms with van der Waals surface area (Å²) in [4.78, 5) is 25.0. The predicted octanol–water partition coefficient (Wildman–Crippen LogP) is 6.04. The number of esters is 2. The topological polar surface area (TPSA) is 52.6 Å². The van der Waals surface area contributed by atoms with Gasteiger partial charge in [0, 0.05) is 0 Å². The first-order chi connectivity index (χ1) is 13.8. The van der Waals surface area contributed by atoms with Gasteiger partial charge in [0.05, 0.1) is 18.8 Å². The maximum Gasteiger partial charge on any atom is 0.416 e. The summed E-state index contributed by atoms with van der Waals surface area (Å²) in [6.45, 7) is 4.34. The van der Waals surface area contributed by atoms with Crippen molar-refractivity contribution in [3.8, 4) is 0 Å². The monoisotopic (exact) mass is 416 g/mol. The molecule has 4 nitrogen and oxygen atoms in total. The van der Waals surface area contributed by atoms with Gasteiger partial charge in [0.2, 0.25) is 0 Å². The fourth-order valence-corrected chi connectivity index (χ4v) is 2.83. The molecule has 7 heteroatoms. The first-order valence-electron chi connectivity index (χ1n) is 10.3. The Balaban J connectivity index is 2.87. The fourth-order valence-electron chi connectivity index (χ4n) is 2.83. The molecule has 0 spiro atoms. The summed E-state index contributed by atoms with van der Waals surface area (Å²) in [5, 5.41) is 0. The first kappa shape index (κ1) is 25.0. The predicted molar refractivity (Wildman–Crippen MR) is 104 cm³/mol. The molecular formula is C22H31F3O4. The van der Waals surface area contributed by atoms with Crippen LogP contribution >= 0.6 is 0 Å². The lowest BCUT2D eigenvalue weighted by molar-refractivity contribution is -0.158. The molecule has 0 saturated carbocycles. The molecule has 0 bridgehead atoms. The van der Waals surface area contributed by atoms with Gasteiger partial charge in [-0.25, -0.2) is 0 Å². The second-order valence-electron chi connectivity index (χ2n) is 7.01. The molecule has 0 amide bonds. The molecule has 0 heterocycles. The van der Waals surface area contributed by atoms with E-state index in [2.05, 4.69) is 0 Å². The van der Waals surface area contributed by atoms with Crippen LogP contribution in [-0.4, -0.2) is 25.2 Å². The summed E-state index contributed by atoms with van der Waals surface area (Å²) in [5.41, 5.74) is -0.997. The number of hydrogen-bond donors (Lipinski definition) is 0. The van der Waals surface area contributed by atoms with Crippen LogP contribution in [0.1, 0.15) is 82.3 Å². The number of unbranched alkanes of at least 4 members (excludes halogenated alkanes) is 6. The number of halogens is 3. The van der Waals surface area contributed by atoms with E-state index in [4.69, 9.17) is 9.47 Å². The molecule has 0 aromatic heterocycles. The molecule has 0 atom stereocenters. The Morgan fingerprint density at radius 3 is 1.83 bits per heavy atom. The van der Waals surface area contributed by atoms with Crippen LogP contribution in [0.15, 0.2) is 24.3 Å². The van der Waals surface area contributed by atoms with Gasteiger partial charge >= 0.3 is 18.1 Å². The van der Waals surface area contributed by atoms with Crippen LogP contribution in [0.2, 0.25) is 0 Å². The Labute approximate surface area is 170 Å². The lowest BCUT2D eigenvalue weighted by atomic mass is 9.97. The second kappa shape index (κ2) is 13.2. The third kappa shape index (κ3) is 9.33. The SMILES string of the molecule is CCCCCCOC(=O)C(C(=O)OCCCCCC)c1cccc(C(F)(F)F)c1. The summed E-state index contributed by atoms with van der Waals surface area (Å²) in [7, 11) is 0. The normalized spacial score (nSPS) is 11.5. The summed E-state index contributed by atoms with van der Waals surface area (Å²) in [5.74, 6) is -3.27. The lowest BCUT2D eigenvalue weighted by Gasteiger charge is -2.17. The fraction of sp³-hybridized carbons (Fsp3) is 0.636. The minimum absolute atomic E-state index is 0.0723. The average Bonchev–Trinajstić information content (AvgIpc) is 2.67. The summed E-state index contributed by atoms with van der Waals surface area (Å²) in [6, 6.07) is 4.19. The molecule has 0 aliphatic heterocycles. The van der Waals surface area contributed by atoms with Crippen molar-refractivity contribution in [2.75, 3.05) is 13.2 Å². The Morgan fingerprint density at radius 1 is 0.862 bits per heavy atom. The van der Waals surface area contributed by atoms with E-state index in [9.17, 15) is 22.8 Å². The molecule has 0 fully saturated rings. The zero-order chi connectivity index (χ0) is 21.7. The molecule has 1 aromatic rings. The van der Waals surface area contributed by atoms with Crippen molar-refractivity contribution in [1.29, 1.82) is 0 Å². The minimum atomic E-state index is -4.57. The number of alkyl halides is 3. The largest absolute Gasteiger partial charge is 0.465 e. The van der Waals surface area contributed by atoms with E-state index >= 15 is 0 Å². The van der Waals surface area contributed by atoms with Gasteiger partial charge in [-0.2, -0.15) is 13.2 Å². The summed E-state index contributed by atoms with van der Waals surface area (Å²) < 4.78 is 49.5. The number of carbonyl (C=O) groups excluding carboxylic acids is 2. The average molecular weight is 416 g/mol. The van der Waals surface area contributed by atoms with E-state index in [0.717, 1.165) is 50.7 Å². The number of benzene rings is 1. The highest BCUT2D eigenvalue weighted by molar-refractivity contribution is 6.00. The highest BCUT2D eigenvalue weighted by atomic mass is 19.4. The van der Waals surface area contributed by atoms with E-state index in [-0.39, 0.29) is 18.8 Å². The minimum Gasteiger partial charge on any atom is -0.465 e. The van der Waals surface area contributed by atoms with Gasteiger partial charge in [0.15, 0.2) is 5.92 Å². The van der Waals surface area contributed by atoms with Crippen LogP contribution in [0.4, 0.5) is 13.2 Å². The quantitative estimate of drug-likeness (QED) is 0.224. The van der Waals surface area contributed by atoms with E-state index < -0.39 is 29.6 Å². The van der Waals surface area contributed by atoms with Crippen molar-refractivity contribution >= 4 is 11.9 Å². The molecule has 0 aliphatic rings. The Hall–Kier alpha value is -2.05. The summed E-state index contributed by atoms with van der Waals surface area (Å²) in [6.07, 6.45) is 2.48. The van der Waals surface area contributed by atoms with Gasteiger partial charge in [-0.15, -0.1) is 0 Å². The third-order valence-electron chi connectivity index (χ3n) is 4.50. The van der Waals surface area contributed by atoms with Gasteiger partial charge in [0.25, 0.3) is 0 Å². The first-order valence-corrected chi connectivity index (χ1v) is 10.3. The number of hydrogen-bond acceptors (Lipinski definition) is 4. The van der Waals surface area contributed by atoms with Crippen molar-refractivity contribution in [3.63, 3.8) is 0 Å². The van der Waals surface area contributed by atoms with E-state index in [1.807, 2.05) is 13.8 Å². The van der Waals surface area contributed by atoms with Crippen molar-refractivity contribution in [1.82, 2.24) is 0 Å². The molecule has 0 N–H and O–H groups in total. The Kier molecular flexibility index (Phi) is 11.4. The van der Waals surface area contributed by atoms with Gasteiger partial charge in [-0.3, -0.25) is 9.59 Å². The zero-order valence-corrected chi connectivity index (χ0v) is 17.2. The smallest absolute Gasteiger partial charge is 0.416 e. The second-order valence-corrected chi connectivity index (χ2v) is 7.01. The maximum absolute atomic E-state index is 13.0. The van der Waals surface area contributed by atoms with E-state index in [1.54, 1.807) is 0 Å². The molecule has 0 unspecified atom stereocenters. The van der Waals surface area contributed by atoms with Crippen molar-refractivity contribution in [3.05, 3.63) is 35.4 Å². The number of carbonyl (C=O) groups is 2. The molecule has 164 valence electrons. The number of ether oxygens (including phenoxy) is 2. The van der Waals surface area contributed by atoms with Crippen LogP contribution in [0.3, 0.4) is 0 Å². The zero-order valence-electron chi connectivity index (χ0n) is 17.2. The van der Waals surface area contributed by atoms with Crippen molar-refractivity contribution in [2.24, 2.45) is 0 Å². The van der Waals surface area contributed by atoms with Crippen molar-refractivity contribution < 1.29 is 32.2 Å². The van der Waals surface area contributed by atoms with Gasteiger partial charge in [-0.1, -0.05) is 70.6 Å². The van der Waals surface area contributed by atoms with Crippen molar-refractivity contribution in [2.45, 2.75) is 77.3 Å². The molecule has 0 radical (unpaired) electrons. The van der Waals surface area contributed by atoms with Crippen LogP contribution in [0.5, 0.6) is 0 Å². The molecule has 1 aromatic carbocycles. The third-order valence-corrected chi connectivity index (χ3v) is 4.50. The Morgan fingerprint density at radius 2 is 1.38 bits per heavy atom. The number of rotatable bonds is 13. The van der Waals surface area contributed by atoms with Crippen LogP contribution < -0.4 is 0 Å². The standard InChI is InChI=1S/C22H31F3O4/c1-3-5-7-9-14-28-20(26)19(21(27)29-15-10-8-6-4-2)17-12-11-13-18(16-17)22(23,24)25/h11-13,16,19H,3-10,14-15H2,1-2H3.